The lowest BCUT2D eigenvalue weighted by molar-refractivity contribution is 0.0956. The fourth-order valence-corrected chi connectivity index (χ4v) is 7.05. The zero-order valence-corrected chi connectivity index (χ0v) is 18.6. The van der Waals surface area contributed by atoms with Crippen molar-refractivity contribution in [2.45, 2.75) is 61.5 Å². The summed E-state index contributed by atoms with van der Waals surface area (Å²) in [6.45, 7) is 1.60. The summed E-state index contributed by atoms with van der Waals surface area (Å²) in [4.78, 5) is 12.5. The number of carbonyl (C=O) groups excluding carboxylic acids is 1. The molecule has 5 nitrogen and oxygen atoms in total. The van der Waals surface area contributed by atoms with Crippen LogP contribution in [0.15, 0.2) is 23.1 Å². The van der Waals surface area contributed by atoms with Gasteiger partial charge in [0.05, 0.1) is 5.02 Å². The second kappa shape index (κ2) is 10.3. The van der Waals surface area contributed by atoms with Crippen molar-refractivity contribution in [3.8, 4) is 0 Å². The van der Waals surface area contributed by atoms with Crippen molar-refractivity contribution < 1.29 is 13.2 Å². The Morgan fingerprint density at radius 2 is 1.79 bits per heavy atom. The van der Waals surface area contributed by atoms with E-state index in [9.17, 15) is 13.2 Å². The van der Waals surface area contributed by atoms with Gasteiger partial charge in [-0.25, -0.2) is 8.42 Å². The minimum atomic E-state index is -3.67. The smallest absolute Gasteiger partial charge is 0.251 e. The van der Waals surface area contributed by atoms with E-state index in [4.69, 9.17) is 11.6 Å². The standard InChI is InChI=1S/C20H29ClN2O3S2/c21-18-10-9-16(15-19(18)28(25,26)23-12-5-2-6-13-23)20(24)22-11-14-27-17-7-3-1-4-8-17/h9-10,15,17H,1-8,11-14H2,(H,22,24). The Labute approximate surface area is 177 Å². The lowest BCUT2D eigenvalue weighted by Gasteiger charge is -2.26. The summed E-state index contributed by atoms with van der Waals surface area (Å²) >= 11 is 8.10. The van der Waals surface area contributed by atoms with Crippen molar-refractivity contribution >= 4 is 39.3 Å². The van der Waals surface area contributed by atoms with Gasteiger partial charge >= 0.3 is 0 Å². The number of nitrogens with one attached hydrogen (secondary N) is 1. The second-order valence-electron chi connectivity index (χ2n) is 7.50. The molecule has 1 aliphatic carbocycles. The summed E-state index contributed by atoms with van der Waals surface area (Å²) < 4.78 is 27.3. The van der Waals surface area contributed by atoms with Gasteiger partial charge in [0.1, 0.15) is 4.90 Å². The van der Waals surface area contributed by atoms with Gasteiger partial charge in [0.25, 0.3) is 5.91 Å². The molecule has 1 aromatic rings. The van der Waals surface area contributed by atoms with Crippen molar-refractivity contribution in [3.63, 3.8) is 0 Å². The zero-order valence-electron chi connectivity index (χ0n) is 16.2. The topological polar surface area (TPSA) is 66.5 Å². The molecule has 0 aromatic heterocycles. The Kier molecular flexibility index (Phi) is 8.09. The first-order valence-corrected chi connectivity index (χ1v) is 13.0. The number of hydrogen-bond acceptors (Lipinski definition) is 4. The fourth-order valence-electron chi connectivity index (χ4n) is 3.81. The zero-order chi connectivity index (χ0) is 20.0. The maximum Gasteiger partial charge on any atom is 0.251 e. The molecule has 1 aliphatic heterocycles. The molecule has 156 valence electrons. The SMILES string of the molecule is O=C(NCCSC1CCCCC1)c1ccc(Cl)c(S(=O)(=O)N2CCCCC2)c1. The maximum absolute atomic E-state index is 12.9. The van der Waals surface area contributed by atoms with Gasteiger partial charge in [0.15, 0.2) is 0 Å². The average Bonchev–Trinajstić information content (AvgIpc) is 2.72. The van der Waals surface area contributed by atoms with E-state index in [2.05, 4.69) is 5.32 Å². The largest absolute Gasteiger partial charge is 0.351 e. The molecule has 0 unspecified atom stereocenters. The van der Waals surface area contributed by atoms with Crippen molar-refractivity contribution in [3.05, 3.63) is 28.8 Å². The number of sulfonamides is 1. The molecule has 1 heterocycles. The molecule has 1 saturated carbocycles. The van der Waals surface area contributed by atoms with Crippen LogP contribution >= 0.6 is 23.4 Å². The summed E-state index contributed by atoms with van der Waals surface area (Å²) in [6.07, 6.45) is 9.26. The Hall–Kier alpha value is -0.760. The number of hydrogen-bond donors (Lipinski definition) is 1. The van der Waals surface area contributed by atoms with Gasteiger partial charge in [0, 0.05) is 36.2 Å². The van der Waals surface area contributed by atoms with Crippen LogP contribution in [0.4, 0.5) is 0 Å². The highest BCUT2D eigenvalue weighted by Gasteiger charge is 2.28. The van der Waals surface area contributed by atoms with Gasteiger partial charge in [-0.2, -0.15) is 16.1 Å². The highest BCUT2D eigenvalue weighted by Crippen LogP contribution is 2.29. The number of benzene rings is 1. The van der Waals surface area contributed by atoms with E-state index in [1.807, 2.05) is 11.8 Å². The fraction of sp³-hybridized carbons (Fsp3) is 0.650. The first-order valence-electron chi connectivity index (χ1n) is 10.2. The van der Waals surface area contributed by atoms with Crippen molar-refractivity contribution in [1.29, 1.82) is 0 Å². The van der Waals surface area contributed by atoms with Crippen LogP contribution in [-0.2, 0) is 10.0 Å². The van der Waals surface area contributed by atoms with Crippen molar-refractivity contribution in [2.24, 2.45) is 0 Å². The second-order valence-corrected chi connectivity index (χ2v) is 11.2. The third-order valence-corrected chi connectivity index (χ3v) is 9.18. The summed E-state index contributed by atoms with van der Waals surface area (Å²) in [5.41, 5.74) is 0.336. The molecule has 8 heteroatoms. The van der Waals surface area contributed by atoms with Crippen molar-refractivity contribution in [2.75, 3.05) is 25.4 Å². The first kappa shape index (κ1) is 21.9. The summed E-state index contributed by atoms with van der Waals surface area (Å²) in [5, 5.41) is 3.78. The van der Waals surface area contributed by atoms with E-state index in [0.717, 1.165) is 25.0 Å². The normalized spacial score (nSPS) is 19.5. The van der Waals surface area contributed by atoms with Crippen LogP contribution in [0.2, 0.25) is 5.02 Å². The molecule has 1 aromatic carbocycles. The van der Waals surface area contributed by atoms with E-state index in [-0.39, 0.29) is 15.8 Å². The Morgan fingerprint density at radius 1 is 1.11 bits per heavy atom. The molecule has 0 spiro atoms. The van der Waals surface area contributed by atoms with Crippen LogP contribution in [0.3, 0.4) is 0 Å². The number of piperidine rings is 1. The number of thioether (sulfide) groups is 1. The van der Waals surface area contributed by atoms with E-state index >= 15 is 0 Å². The third kappa shape index (κ3) is 5.65. The summed E-state index contributed by atoms with van der Waals surface area (Å²) in [5.74, 6) is 0.624. The summed E-state index contributed by atoms with van der Waals surface area (Å²) in [7, 11) is -3.67. The number of nitrogens with zero attached hydrogens (tertiary/aromatic N) is 1. The molecular weight excluding hydrogens is 416 g/mol. The number of halogens is 1. The Morgan fingerprint density at radius 3 is 2.50 bits per heavy atom. The lowest BCUT2D eigenvalue weighted by Crippen LogP contribution is -2.36. The highest BCUT2D eigenvalue weighted by atomic mass is 35.5. The van der Waals surface area contributed by atoms with E-state index in [1.54, 1.807) is 6.07 Å². The molecule has 0 radical (unpaired) electrons. The lowest BCUT2D eigenvalue weighted by atomic mass is 10.0. The van der Waals surface area contributed by atoms with Crippen LogP contribution in [0.25, 0.3) is 0 Å². The molecule has 2 aliphatic rings. The highest BCUT2D eigenvalue weighted by molar-refractivity contribution is 7.99. The average molecular weight is 445 g/mol. The Bertz CT molecular complexity index is 774. The first-order chi connectivity index (χ1) is 13.5. The number of amides is 1. The van der Waals surface area contributed by atoms with Gasteiger partial charge in [0.2, 0.25) is 10.0 Å². The van der Waals surface area contributed by atoms with Gasteiger partial charge in [-0.3, -0.25) is 4.79 Å². The van der Waals surface area contributed by atoms with Gasteiger partial charge < -0.3 is 5.32 Å². The van der Waals surface area contributed by atoms with Crippen LogP contribution in [0, 0.1) is 0 Å². The van der Waals surface area contributed by atoms with E-state index in [1.165, 1.54) is 48.5 Å². The van der Waals surface area contributed by atoms with Gasteiger partial charge in [-0.1, -0.05) is 37.3 Å². The third-order valence-electron chi connectivity index (χ3n) is 5.42. The van der Waals surface area contributed by atoms with Crippen LogP contribution < -0.4 is 5.32 Å². The molecule has 1 amide bonds. The molecule has 1 saturated heterocycles. The maximum atomic E-state index is 12.9. The number of rotatable bonds is 7. The van der Waals surface area contributed by atoms with Crippen LogP contribution in [0.1, 0.15) is 61.7 Å². The Balaban J connectivity index is 1.59. The molecule has 2 fully saturated rings. The van der Waals surface area contributed by atoms with E-state index in [0.29, 0.717) is 30.4 Å². The minimum absolute atomic E-state index is 0.0281. The van der Waals surface area contributed by atoms with Crippen molar-refractivity contribution in [1.82, 2.24) is 9.62 Å². The molecule has 0 atom stereocenters. The number of carbonyl (C=O) groups is 1. The van der Waals surface area contributed by atoms with Crippen LogP contribution in [-0.4, -0.2) is 49.3 Å². The van der Waals surface area contributed by atoms with Gasteiger partial charge in [-0.15, -0.1) is 0 Å². The predicted molar refractivity (Wildman–Crippen MR) is 116 cm³/mol. The van der Waals surface area contributed by atoms with Crippen LogP contribution in [0.5, 0.6) is 0 Å². The predicted octanol–water partition coefficient (Wildman–Crippen LogP) is 4.31. The monoisotopic (exact) mass is 444 g/mol. The molecular formula is C20H29ClN2O3S2. The van der Waals surface area contributed by atoms with E-state index < -0.39 is 10.0 Å². The molecule has 1 N–H and O–H groups in total. The quantitative estimate of drug-likeness (QED) is 0.636. The molecule has 3 rings (SSSR count). The van der Waals surface area contributed by atoms with Gasteiger partial charge in [-0.05, 0) is 43.9 Å². The summed E-state index contributed by atoms with van der Waals surface area (Å²) in [6, 6.07) is 4.50. The minimum Gasteiger partial charge on any atom is -0.351 e. The molecule has 28 heavy (non-hydrogen) atoms. The molecule has 0 bridgehead atoms.